The number of hydrogen-bond acceptors (Lipinski definition) is 13. The first-order valence-corrected chi connectivity index (χ1v) is 15.1. The zero-order valence-corrected chi connectivity index (χ0v) is 26.2. The van der Waals surface area contributed by atoms with E-state index in [1.54, 1.807) is 0 Å². The van der Waals surface area contributed by atoms with E-state index >= 15 is 0 Å². The maximum atomic E-state index is 13.9. The molecule has 0 aromatic heterocycles. The number of esters is 2. The Morgan fingerprint density at radius 1 is 0.667 bits per heavy atom. The standard InChI is InChI=1S/C36H30O15/c37-21-8-4-17(12-24(21)40)14-28(34(44)45)49-30(43)11-7-19-2-1-3-27-31(19)32(33(50-27)20-6-10-23(39)26(42)16-20)36(48)51-29(35(46)47)15-18-5-9-22(38)25(41)13-18/h1-13,16,28-29,32-33,37-42H,14-15H2,(H,44,45)(H,46,47)/b11-7+. The lowest BCUT2D eigenvalue weighted by molar-refractivity contribution is -0.166. The third kappa shape index (κ3) is 8.05. The van der Waals surface area contributed by atoms with Crippen molar-refractivity contribution in [2.45, 2.75) is 37.1 Å². The highest BCUT2D eigenvalue weighted by molar-refractivity contribution is 5.91. The first-order valence-electron chi connectivity index (χ1n) is 15.1. The highest BCUT2D eigenvalue weighted by atomic mass is 16.6. The molecule has 0 spiro atoms. The minimum atomic E-state index is -1.78. The molecular weight excluding hydrogens is 672 g/mol. The van der Waals surface area contributed by atoms with Gasteiger partial charge in [0.05, 0.1) is 0 Å². The molecule has 264 valence electrons. The Bertz CT molecular complexity index is 2040. The second kappa shape index (κ2) is 14.7. The Labute approximate surface area is 288 Å². The molecule has 0 aliphatic carbocycles. The largest absolute Gasteiger partial charge is 0.504 e. The normalized spacial score (nSPS) is 16.1. The molecule has 4 aromatic rings. The average molecular weight is 703 g/mol. The van der Waals surface area contributed by atoms with Gasteiger partial charge in [0, 0.05) is 24.5 Å². The zero-order valence-electron chi connectivity index (χ0n) is 26.2. The lowest BCUT2D eigenvalue weighted by Gasteiger charge is -2.22. The number of hydrogen-bond donors (Lipinski definition) is 8. The molecule has 0 saturated heterocycles. The van der Waals surface area contributed by atoms with Crippen molar-refractivity contribution >= 4 is 30.0 Å². The number of carboxylic acids is 2. The number of benzene rings is 4. The van der Waals surface area contributed by atoms with Gasteiger partial charge >= 0.3 is 23.9 Å². The topological polar surface area (TPSA) is 258 Å². The predicted molar refractivity (Wildman–Crippen MR) is 173 cm³/mol. The van der Waals surface area contributed by atoms with Crippen molar-refractivity contribution < 1.29 is 74.2 Å². The summed E-state index contributed by atoms with van der Waals surface area (Å²) in [6.45, 7) is 0. The number of fused-ring (bicyclic) bond motifs is 1. The van der Waals surface area contributed by atoms with E-state index in [9.17, 15) is 60.0 Å². The number of carbonyl (C=O) groups is 4. The van der Waals surface area contributed by atoms with Gasteiger partial charge in [-0.3, -0.25) is 4.79 Å². The summed E-state index contributed by atoms with van der Waals surface area (Å²) in [4.78, 5) is 50.8. The Hall–Kier alpha value is -6.90. The number of phenols is 6. The summed E-state index contributed by atoms with van der Waals surface area (Å²) < 4.78 is 16.7. The number of phenolic OH excluding ortho intramolecular Hbond substituents is 6. The van der Waals surface area contributed by atoms with Crippen LogP contribution in [0.4, 0.5) is 0 Å². The molecular formula is C36H30O15. The smallest absolute Gasteiger partial charge is 0.345 e. The third-order valence-corrected chi connectivity index (χ3v) is 7.94. The lowest BCUT2D eigenvalue weighted by atomic mass is 9.88. The van der Waals surface area contributed by atoms with Crippen molar-refractivity contribution in [3.8, 4) is 40.2 Å². The summed E-state index contributed by atoms with van der Waals surface area (Å²) in [6.07, 6.45) is -3.32. The first-order chi connectivity index (χ1) is 24.2. The van der Waals surface area contributed by atoms with Crippen LogP contribution in [-0.4, -0.2) is 76.9 Å². The van der Waals surface area contributed by atoms with Gasteiger partial charge in [-0.1, -0.05) is 30.3 Å². The van der Waals surface area contributed by atoms with Gasteiger partial charge in [-0.15, -0.1) is 0 Å². The zero-order chi connectivity index (χ0) is 37.0. The maximum Gasteiger partial charge on any atom is 0.345 e. The van der Waals surface area contributed by atoms with Gasteiger partial charge in [0.15, 0.2) is 34.5 Å². The van der Waals surface area contributed by atoms with E-state index in [1.165, 1.54) is 42.5 Å². The number of aliphatic carboxylic acids is 2. The van der Waals surface area contributed by atoms with Crippen LogP contribution in [0, 0.1) is 0 Å². The minimum absolute atomic E-state index is 0.121. The number of carboxylic acid groups (broad SMARTS) is 2. The van der Waals surface area contributed by atoms with E-state index in [0.29, 0.717) is 0 Å². The monoisotopic (exact) mass is 702 g/mol. The van der Waals surface area contributed by atoms with E-state index < -0.39 is 89.0 Å². The molecule has 1 aliphatic heterocycles. The maximum absolute atomic E-state index is 13.9. The molecule has 1 aliphatic rings. The van der Waals surface area contributed by atoms with E-state index in [4.69, 9.17) is 14.2 Å². The van der Waals surface area contributed by atoms with Crippen molar-refractivity contribution in [1.29, 1.82) is 0 Å². The molecule has 4 unspecified atom stereocenters. The Morgan fingerprint density at radius 3 is 1.73 bits per heavy atom. The number of carbonyl (C=O) groups excluding carboxylic acids is 2. The molecule has 0 bridgehead atoms. The Kier molecular flexibility index (Phi) is 10.2. The van der Waals surface area contributed by atoms with Gasteiger partial charge in [-0.05, 0) is 70.8 Å². The number of rotatable bonds is 12. The highest BCUT2D eigenvalue weighted by Gasteiger charge is 2.44. The van der Waals surface area contributed by atoms with Crippen LogP contribution in [0.3, 0.4) is 0 Å². The van der Waals surface area contributed by atoms with Crippen molar-refractivity contribution in [3.63, 3.8) is 0 Å². The van der Waals surface area contributed by atoms with Gasteiger partial charge in [0.1, 0.15) is 17.8 Å². The summed E-state index contributed by atoms with van der Waals surface area (Å²) >= 11 is 0. The van der Waals surface area contributed by atoms with Crippen molar-refractivity contribution in [3.05, 3.63) is 107 Å². The molecule has 8 N–H and O–H groups in total. The van der Waals surface area contributed by atoms with E-state index in [0.717, 1.165) is 42.5 Å². The lowest BCUT2D eigenvalue weighted by Crippen LogP contribution is -2.33. The number of ether oxygens (including phenoxy) is 3. The van der Waals surface area contributed by atoms with E-state index in [1.807, 2.05) is 0 Å². The summed E-state index contributed by atoms with van der Waals surface area (Å²) in [5.74, 6) is -9.36. The molecule has 0 amide bonds. The van der Waals surface area contributed by atoms with Gasteiger partial charge in [0.25, 0.3) is 0 Å². The fourth-order valence-corrected chi connectivity index (χ4v) is 5.45. The first kappa shape index (κ1) is 35.4. The fourth-order valence-electron chi connectivity index (χ4n) is 5.45. The molecule has 15 nitrogen and oxygen atoms in total. The fraction of sp³-hybridized carbons (Fsp3) is 0.167. The summed E-state index contributed by atoms with van der Waals surface area (Å²) in [7, 11) is 0. The van der Waals surface area contributed by atoms with Crippen LogP contribution in [0.15, 0.2) is 78.9 Å². The summed E-state index contributed by atoms with van der Waals surface area (Å²) in [5.41, 5.74) is 1.00. The molecule has 5 rings (SSSR count). The molecule has 4 atom stereocenters. The predicted octanol–water partition coefficient (Wildman–Crippen LogP) is 3.63. The van der Waals surface area contributed by atoms with Crippen LogP contribution in [-0.2, 0) is 41.5 Å². The van der Waals surface area contributed by atoms with Gasteiger partial charge in [-0.2, -0.15) is 0 Å². The molecule has 0 saturated carbocycles. The number of aromatic hydroxyl groups is 6. The molecule has 4 aromatic carbocycles. The van der Waals surface area contributed by atoms with Crippen LogP contribution in [0.2, 0.25) is 0 Å². The van der Waals surface area contributed by atoms with Gasteiger partial charge in [-0.25, -0.2) is 14.4 Å². The third-order valence-electron chi connectivity index (χ3n) is 7.94. The minimum Gasteiger partial charge on any atom is -0.504 e. The average Bonchev–Trinajstić information content (AvgIpc) is 3.48. The van der Waals surface area contributed by atoms with Crippen molar-refractivity contribution in [2.24, 2.45) is 0 Å². The van der Waals surface area contributed by atoms with E-state index in [2.05, 4.69) is 0 Å². The van der Waals surface area contributed by atoms with Gasteiger partial charge in [0.2, 0.25) is 12.2 Å². The molecule has 51 heavy (non-hydrogen) atoms. The second-order valence-corrected chi connectivity index (χ2v) is 11.4. The summed E-state index contributed by atoms with van der Waals surface area (Å²) in [5, 5.41) is 78.3. The van der Waals surface area contributed by atoms with Crippen LogP contribution >= 0.6 is 0 Å². The Balaban J connectivity index is 1.44. The van der Waals surface area contributed by atoms with Crippen molar-refractivity contribution in [2.75, 3.05) is 0 Å². The molecule has 0 fully saturated rings. The van der Waals surface area contributed by atoms with Crippen molar-refractivity contribution in [1.82, 2.24) is 0 Å². The van der Waals surface area contributed by atoms with Crippen LogP contribution in [0.1, 0.15) is 39.8 Å². The SMILES string of the molecule is O=C(/C=C/c1cccc2c1C(C(=O)OC(Cc1ccc(O)c(O)c1)C(=O)O)C(c1ccc(O)c(O)c1)O2)OC(Cc1ccc(O)c(O)c1)C(=O)O. The highest BCUT2D eigenvalue weighted by Crippen LogP contribution is 2.49. The quantitative estimate of drug-likeness (QED) is 0.0596. The van der Waals surface area contributed by atoms with Gasteiger partial charge < -0.3 is 55.1 Å². The van der Waals surface area contributed by atoms with Crippen LogP contribution in [0.25, 0.3) is 6.08 Å². The molecule has 1 heterocycles. The molecule has 15 heteroatoms. The Morgan fingerprint density at radius 2 is 1.20 bits per heavy atom. The molecule has 0 radical (unpaired) electrons. The summed E-state index contributed by atoms with van der Waals surface area (Å²) in [6, 6.07) is 15.4. The van der Waals surface area contributed by atoms with E-state index in [-0.39, 0.29) is 40.0 Å². The van der Waals surface area contributed by atoms with Crippen LogP contribution < -0.4 is 4.74 Å². The second-order valence-electron chi connectivity index (χ2n) is 11.4. The van der Waals surface area contributed by atoms with Crippen LogP contribution in [0.5, 0.6) is 40.2 Å².